The molecule has 0 radical (unpaired) electrons. The topological polar surface area (TPSA) is 179 Å². The molecule has 1 aromatic heterocycles. The van der Waals surface area contributed by atoms with Crippen LogP contribution in [0.1, 0.15) is 16.8 Å². The normalized spacial score (nSPS) is 16.9. The van der Waals surface area contributed by atoms with Crippen LogP contribution in [0.5, 0.6) is 11.5 Å². The number of nitrogens with one attached hydrogen (secondary N) is 2. The first kappa shape index (κ1) is 31.0. The van der Waals surface area contributed by atoms with Crippen molar-refractivity contribution in [2.24, 2.45) is 0 Å². The van der Waals surface area contributed by atoms with Gasteiger partial charge in [-0.3, -0.25) is 9.97 Å². The van der Waals surface area contributed by atoms with Gasteiger partial charge in [-0.05, 0) is 24.6 Å². The molecule has 15 nitrogen and oxygen atoms in total. The maximum Gasteiger partial charge on any atom is 0.338 e. The lowest BCUT2D eigenvalue weighted by molar-refractivity contribution is -0.0134. The molecule has 0 fully saturated rings. The summed E-state index contributed by atoms with van der Waals surface area (Å²) in [4.78, 5) is 51.1. The molecule has 15 heteroatoms. The van der Waals surface area contributed by atoms with Gasteiger partial charge in [0.2, 0.25) is 0 Å². The number of aromatic amines is 2. The Morgan fingerprint density at radius 3 is 1.70 bits per heavy atom. The van der Waals surface area contributed by atoms with Gasteiger partial charge in [0.25, 0.3) is 0 Å². The zero-order chi connectivity index (χ0) is 28.4. The number of benzene rings is 1. The Hall–Kier alpha value is -3.50. The van der Waals surface area contributed by atoms with Crippen molar-refractivity contribution in [1.82, 2.24) is 14.5 Å². The van der Waals surface area contributed by atoms with Crippen LogP contribution in [0.4, 0.5) is 0 Å². The van der Waals surface area contributed by atoms with E-state index in [0.29, 0.717) is 71.0 Å². The number of esters is 1. The number of nitrogens with zero attached hydrogens (tertiary/aromatic N) is 1. The second kappa shape index (κ2) is 18.0. The molecule has 1 aromatic carbocycles. The smallest absolute Gasteiger partial charge is 0.338 e. The fraction of sp³-hybridized carbons (Fsp3) is 0.600. The molecule has 3 rings (SSSR count). The molecule has 0 bridgehead atoms. The standard InChI is InChI=1S/C25H35N3O12/c29-22(40-5-1-4-28-24(31)26-23(30)27-25(28)32)19-2-3-20-21(18-19)39-17-15-37-13-11-35-9-7-33-6-8-34-10-12-36-14-16-38-20/h2-3,18H,1,4-17H2,(H2,26,27,30,31,32). The minimum absolute atomic E-state index is 0.0492. The molecule has 1 aliphatic rings. The summed E-state index contributed by atoms with van der Waals surface area (Å²) in [5, 5.41) is 0. The number of hydrogen-bond donors (Lipinski definition) is 2. The van der Waals surface area contributed by atoms with E-state index in [0.717, 1.165) is 4.57 Å². The highest BCUT2D eigenvalue weighted by Gasteiger charge is 2.14. The molecular weight excluding hydrogens is 534 g/mol. The second-order valence-electron chi connectivity index (χ2n) is 8.25. The summed E-state index contributed by atoms with van der Waals surface area (Å²) >= 11 is 0. The number of H-pyrrole nitrogens is 2. The maximum atomic E-state index is 12.6. The fourth-order valence-corrected chi connectivity index (χ4v) is 3.40. The van der Waals surface area contributed by atoms with Crippen LogP contribution >= 0.6 is 0 Å². The van der Waals surface area contributed by atoms with E-state index in [-0.39, 0.29) is 45.0 Å². The Bertz CT molecular complexity index is 1170. The molecule has 0 amide bonds. The first-order valence-electron chi connectivity index (χ1n) is 12.9. The third kappa shape index (κ3) is 11.3. The van der Waals surface area contributed by atoms with Crippen molar-refractivity contribution in [2.75, 3.05) is 85.9 Å². The molecule has 0 spiro atoms. The van der Waals surface area contributed by atoms with Crippen LogP contribution in [0.3, 0.4) is 0 Å². The lowest BCUT2D eigenvalue weighted by Crippen LogP contribution is -2.43. The Labute approximate surface area is 229 Å². The van der Waals surface area contributed by atoms with E-state index in [4.69, 9.17) is 37.9 Å². The average Bonchev–Trinajstić information content (AvgIpc) is 2.93. The van der Waals surface area contributed by atoms with Crippen LogP contribution in [0.15, 0.2) is 32.6 Å². The summed E-state index contributed by atoms with van der Waals surface area (Å²) in [7, 11) is 0. The lowest BCUT2D eigenvalue weighted by Gasteiger charge is -2.14. The molecule has 0 saturated heterocycles. The van der Waals surface area contributed by atoms with Crippen LogP contribution < -0.4 is 26.5 Å². The monoisotopic (exact) mass is 569 g/mol. The molecular formula is C25H35N3O12. The Kier molecular flexibility index (Phi) is 13.9. The summed E-state index contributed by atoms with van der Waals surface area (Å²) in [6, 6.07) is 4.63. The molecule has 0 unspecified atom stereocenters. The quantitative estimate of drug-likeness (QED) is 0.343. The van der Waals surface area contributed by atoms with E-state index in [1.807, 2.05) is 9.97 Å². The van der Waals surface area contributed by atoms with Crippen molar-refractivity contribution >= 4 is 5.97 Å². The molecule has 0 atom stereocenters. The van der Waals surface area contributed by atoms with Crippen molar-refractivity contribution in [2.45, 2.75) is 13.0 Å². The van der Waals surface area contributed by atoms with Crippen molar-refractivity contribution in [3.05, 3.63) is 55.2 Å². The van der Waals surface area contributed by atoms with Gasteiger partial charge in [-0.1, -0.05) is 0 Å². The Morgan fingerprint density at radius 2 is 1.18 bits per heavy atom. The SMILES string of the molecule is O=C(OCCCn1c(=O)[nH]c(=O)[nH]c1=O)c1ccc2c(c1)OCCOCCOCCOCCOCCOCCO2. The number of hydrogen-bond acceptors (Lipinski definition) is 12. The minimum atomic E-state index is -0.887. The van der Waals surface area contributed by atoms with Crippen molar-refractivity contribution in [3.63, 3.8) is 0 Å². The largest absolute Gasteiger partial charge is 0.487 e. The van der Waals surface area contributed by atoms with E-state index in [1.165, 1.54) is 12.1 Å². The van der Waals surface area contributed by atoms with Gasteiger partial charge in [0.05, 0.1) is 78.2 Å². The first-order chi connectivity index (χ1) is 19.5. The van der Waals surface area contributed by atoms with E-state index in [1.54, 1.807) is 6.07 Å². The zero-order valence-corrected chi connectivity index (χ0v) is 22.2. The minimum Gasteiger partial charge on any atom is -0.487 e. The fourth-order valence-electron chi connectivity index (χ4n) is 3.40. The maximum absolute atomic E-state index is 12.6. The number of carbonyl (C=O) groups excluding carboxylic acids is 1. The van der Waals surface area contributed by atoms with Crippen LogP contribution in [0.2, 0.25) is 0 Å². The number of aromatic nitrogens is 3. The Morgan fingerprint density at radius 1 is 0.700 bits per heavy atom. The molecule has 40 heavy (non-hydrogen) atoms. The first-order valence-corrected chi connectivity index (χ1v) is 12.9. The van der Waals surface area contributed by atoms with Crippen molar-refractivity contribution < 1.29 is 42.7 Å². The van der Waals surface area contributed by atoms with E-state index < -0.39 is 23.0 Å². The second-order valence-corrected chi connectivity index (χ2v) is 8.25. The molecule has 2 N–H and O–H groups in total. The average molecular weight is 570 g/mol. The molecule has 0 saturated carbocycles. The Balaban J connectivity index is 1.53. The number of ether oxygens (including phenoxy) is 8. The van der Waals surface area contributed by atoms with E-state index in [2.05, 4.69) is 0 Å². The predicted octanol–water partition coefficient (Wildman–Crippen LogP) is -0.674. The van der Waals surface area contributed by atoms with Gasteiger partial charge in [-0.25, -0.2) is 23.7 Å². The highest BCUT2D eigenvalue weighted by atomic mass is 16.6. The van der Waals surface area contributed by atoms with Crippen LogP contribution in [0, 0.1) is 0 Å². The van der Waals surface area contributed by atoms with Crippen LogP contribution in [0.25, 0.3) is 0 Å². The van der Waals surface area contributed by atoms with Crippen molar-refractivity contribution in [1.29, 1.82) is 0 Å². The summed E-state index contributed by atoms with van der Waals surface area (Å²) in [6.45, 7) is 4.45. The van der Waals surface area contributed by atoms with Crippen LogP contribution in [-0.4, -0.2) is 106 Å². The van der Waals surface area contributed by atoms with Gasteiger partial charge < -0.3 is 37.9 Å². The summed E-state index contributed by atoms with van der Waals surface area (Å²) in [6.07, 6.45) is 0.171. The van der Waals surface area contributed by atoms with Gasteiger partial charge in [-0.15, -0.1) is 0 Å². The van der Waals surface area contributed by atoms with Gasteiger partial charge in [0, 0.05) is 6.54 Å². The zero-order valence-electron chi connectivity index (χ0n) is 22.2. The molecule has 222 valence electrons. The van der Waals surface area contributed by atoms with E-state index in [9.17, 15) is 19.2 Å². The number of fused-ring (bicyclic) bond motifs is 1. The summed E-state index contributed by atoms with van der Waals surface area (Å²) in [5.41, 5.74) is -2.35. The van der Waals surface area contributed by atoms with Gasteiger partial charge >= 0.3 is 23.0 Å². The molecule has 2 heterocycles. The van der Waals surface area contributed by atoms with E-state index >= 15 is 0 Å². The molecule has 0 aliphatic carbocycles. The number of rotatable bonds is 5. The van der Waals surface area contributed by atoms with Gasteiger partial charge in [0.15, 0.2) is 11.5 Å². The predicted molar refractivity (Wildman–Crippen MR) is 138 cm³/mol. The van der Waals surface area contributed by atoms with Gasteiger partial charge in [-0.2, -0.15) is 0 Å². The third-order valence-corrected chi connectivity index (χ3v) is 5.33. The van der Waals surface area contributed by atoms with Crippen LogP contribution in [-0.2, 0) is 35.0 Å². The van der Waals surface area contributed by atoms with Gasteiger partial charge in [0.1, 0.15) is 13.2 Å². The highest BCUT2D eigenvalue weighted by molar-refractivity contribution is 5.90. The summed E-state index contributed by atoms with van der Waals surface area (Å²) in [5.74, 6) is 0.114. The summed E-state index contributed by atoms with van der Waals surface area (Å²) < 4.78 is 45.0. The highest BCUT2D eigenvalue weighted by Crippen LogP contribution is 2.29. The lowest BCUT2D eigenvalue weighted by atomic mass is 10.2. The number of carbonyl (C=O) groups is 1. The molecule has 1 aliphatic heterocycles. The van der Waals surface area contributed by atoms with Crippen molar-refractivity contribution in [3.8, 4) is 11.5 Å². The third-order valence-electron chi connectivity index (χ3n) is 5.33. The molecule has 2 aromatic rings.